The van der Waals surface area contributed by atoms with Crippen LogP contribution in [0.15, 0.2) is 40.2 Å². The zero-order valence-electron chi connectivity index (χ0n) is 27.9. The second-order valence-corrected chi connectivity index (χ2v) is 18.1. The van der Waals surface area contributed by atoms with Crippen LogP contribution in [0.5, 0.6) is 5.75 Å². The van der Waals surface area contributed by atoms with E-state index in [4.69, 9.17) is 4.74 Å². The minimum absolute atomic E-state index is 0.769. The maximum Gasteiger partial charge on any atom is 0.160 e. The number of thiophene rings is 4. The van der Waals surface area contributed by atoms with Crippen molar-refractivity contribution in [3.63, 3.8) is 0 Å². The standard InChI is InChI=1S/C39H46BrNO2S4/c1-4-7-10-13-16-26-23-29(25-42)44-34(26)32-24-31-36(45-32)38-33(37-35(46-38)30(39(40)47-37)17-14-11-8-5-2)41(31)27-18-20-28(21-19-27)43-22-15-12-9-6-3/h18-21,23-25H,4-17,22H2,1-3H3. The molecule has 0 unspecified atom stereocenters. The number of ether oxygens (including phenoxy) is 1. The Morgan fingerprint density at radius 1 is 0.723 bits per heavy atom. The number of nitrogens with zero attached hydrogens (tertiary/aromatic N) is 1. The Bertz CT molecular complexity index is 1920. The summed E-state index contributed by atoms with van der Waals surface area (Å²) in [6, 6.07) is 13.3. The lowest BCUT2D eigenvalue weighted by atomic mass is 10.1. The molecular formula is C39H46BrNO2S4. The number of aryl methyl sites for hydroxylation is 2. The molecule has 8 heteroatoms. The van der Waals surface area contributed by atoms with Gasteiger partial charge in [0.25, 0.3) is 0 Å². The summed E-state index contributed by atoms with van der Waals surface area (Å²) in [6.07, 6.45) is 18.0. The molecule has 0 fully saturated rings. The van der Waals surface area contributed by atoms with Crippen molar-refractivity contribution in [1.29, 1.82) is 0 Å². The molecule has 0 aliphatic rings. The Morgan fingerprint density at radius 3 is 2.11 bits per heavy atom. The largest absolute Gasteiger partial charge is 0.494 e. The monoisotopic (exact) mass is 767 g/mol. The van der Waals surface area contributed by atoms with Crippen molar-refractivity contribution in [1.82, 2.24) is 4.57 Å². The highest BCUT2D eigenvalue weighted by atomic mass is 79.9. The first-order chi connectivity index (χ1) is 23.1. The van der Waals surface area contributed by atoms with Gasteiger partial charge in [-0.3, -0.25) is 4.79 Å². The topological polar surface area (TPSA) is 31.2 Å². The SMILES string of the molecule is CCCCCCOc1ccc(-n2c3cc(-c4sc(C=O)cc4CCCCCC)sc3c3sc4c(CCCCCC)c(Br)sc4c32)cc1. The summed E-state index contributed by atoms with van der Waals surface area (Å²) in [5.74, 6) is 0.937. The van der Waals surface area contributed by atoms with Crippen LogP contribution in [0.4, 0.5) is 0 Å². The van der Waals surface area contributed by atoms with Crippen molar-refractivity contribution < 1.29 is 9.53 Å². The molecule has 0 aliphatic heterocycles. The Morgan fingerprint density at radius 2 is 1.40 bits per heavy atom. The molecule has 6 rings (SSSR count). The van der Waals surface area contributed by atoms with E-state index in [2.05, 4.69) is 77.7 Å². The average Bonchev–Trinajstić information content (AvgIpc) is 3.88. The molecule has 0 saturated carbocycles. The van der Waals surface area contributed by atoms with Gasteiger partial charge in [-0.2, -0.15) is 0 Å². The molecule has 3 nitrogen and oxygen atoms in total. The van der Waals surface area contributed by atoms with E-state index in [0.29, 0.717) is 0 Å². The van der Waals surface area contributed by atoms with E-state index in [1.165, 1.54) is 131 Å². The van der Waals surface area contributed by atoms with E-state index in [-0.39, 0.29) is 0 Å². The van der Waals surface area contributed by atoms with Gasteiger partial charge < -0.3 is 9.30 Å². The zero-order valence-corrected chi connectivity index (χ0v) is 32.8. The molecular weight excluding hydrogens is 723 g/mol. The molecule has 6 aromatic rings. The summed E-state index contributed by atoms with van der Waals surface area (Å²) in [5, 5.41) is 0. The van der Waals surface area contributed by atoms with Crippen molar-refractivity contribution in [3.05, 3.63) is 56.2 Å². The van der Waals surface area contributed by atoms with Crippen LogP contribution >= 0.6 is 61.3 Å². The molecule has 0 N–H and O–H groups in total. The fourth-order valence-corrected chi connectivity index (χ4v) is 12.6. The van der Waals surface area contributed by atoms with Gasteiger partial charge in [-0.1, -0.05) is 78.6 Å². The number of carbonyl (C=O) groups excluding carboxylic acids is 1. The quantitative estimate of drug-likeness (QED) is 0.0607. The number of hydrogen-bond donors (Lipinski definition) is 0. The third kappa shape index (κ3) is 7.62. The molecule has 250 valence electrons. The summed E-state index contributed by atoms with van der Waals surface area (Å²) in [7, 11) is 0. The number of unbranched alkanes of at least 4 members (excludes halogenated alkanes) is 9. The molecule has 0 saturated heterocycles. The summed E-state index contributed by atoms with van der Waals surface area (Å²) in [6.45, 7) is 7.55. The summed E-state index contributed by atoms with van der Waals surface area (Å²) >= 11 is 11.4. The van der Waals surface area contributed by atoms with Gasteiger partial charge in [-0.25, -0.2) is 0 Å². The fourth-order valence-electron chi connectivity index (χ4n) is 6.50. The lowest BCUT2D eigenvalue weighted by molar-refractivity contribution is 0.112. The highest BCUT2D eigenvalue weighted by Crippen LogP contribution is 2.52. The van der Waals surface area contributed by atoms with E-state index in [1.54, 1.807) is 11.3 Å². The van der Waals surface area contributed by atoms with E-state index in [9.17, 15) is 4.79 Å². The van der Waals surface area contributed by atoms with E-state index in [1.807, 2.05) is 34.0 Å². The minimum Gasteiger partial charge on any atom is -0.494 e. The van der Waals surface area contributed by atoms with Crippen molar-refractivity contribution in [2.75, 3.05) is 6.61 Å². The van der Waals surface area contributed by atoms with Crippen molar-refractivity contribution in [3.8, 4) is 21.2 Å². The van der Waals surface area contributed by atoms with Gasteiger partial charge in [0, 0.05) is 15.4 Å². The van der Waals surface area contributed by atoms with Crippen LogP contribution in [-0.2, 0) is 12.8 Å². The van der Waals surface area contributed by atoms with Crippen molar-refractivity contribution in [2.24, 2.45) is 0 Å². The molecule has 0 spiro atoms. The first kappa shape index (κ1) is 34.9. The lowest BCUT2D eigenvalue weighted by Crippen LogP contribution is -1.98. The second-order valence-electron chi connectivity index (χ2n) is 12.6. The van der Waals surface area contributed by atoms with Gasteiger partial charge in [0.1, 0.15) is 5.75 Å². The maximum atomic E-state index is 11.9. The van der Waals surface area contributed by atoms with Crippen LogP contribution in [0.1, 0.15) is 119 Å². The van der Waals surface area contributed by atoms with Gasteiger partial charge >= 0.3 is 0 Å². The molecule has 0 radical (unpaired) electrons. The number of rotatable bonds is 19. The van der Waals surface area contributed by atoms with E-state index >= 15 is 0 Å². The number of benzene rings is 1. The zero-order chi connectivity index (χ0) is 32.8. The van der Waals surface area contributed by atoms with Gasteiger partial charge in [-0.15, -0.1) is 45.3 Å². The van der Waals surface area contributed by atoms with Crippen LogP contribution in [0.25, 0.3) is 45.3 Å². The Kier molecular flexibility index (Phi) is 12.3. The van der Waals surface area contributed by atoms with Crippen LogP contribution in [0.3, 0.4) is 0 Å². The van der Waals surface area contributed by atoms with Gasteiger partial charge in [-0.05, 0) is 95.6 Å². The molecule has 5 aromatic heterocycles. The van der Waals surface area contributed by atoms with Gasteiger partial charge in [0.2, 0.25) is 0 Å². The predicted octanol–water partition coefficient (Wildman–Crippen LogP) is 14.6. The minimum atomic E-state index is 0.769. The van der Waals surface area contributed by atoms with Gasteiger partial charge in [0.05, 0.1) is 45.1 Å². The molecule has 0 bridgehead atoms. The smallest absolute Gasteiger partial charge is 0.160 e. The summed E-state index contributed by atoms with van der Waals surface area (Å²) < 4.78 is 15.5. The van der Waals surface area contributed by atoms with Crippen LogP contribution < -0.4 is 4.74 Å². The highest BCUT2D eigenvalue weighted by molar-refractivity contribution is 9.11. The van der Waals surface area contributed by atoms with Crippen LogP contribution in [0.2, 0.25) is 0 Å². The Balaban J connectivity index is 1.43. The Hall–Kier alpha value is -1.97. The second kappa shape index (κ2) is 16.6. The number of fused-ring (bicyclic) bond motifs is 5. The molecule has 0 amide bonds. The maximum absolute atomic E-state index is 11.9. The van der Waals surface area contributed by atoms with Gasteiger partial charge in [0.15, 0.2) is 6.29 Å². The number of carbonyl (C=O) groups is 1. The van der Waals surface area contributed by atoms with Crippen LogP contribution in [0, 0.1) is 0 Å². The number of hydrogen-bond acceptors (Lipinski definition) is 6. The molecule has 47 heavy (non-hydrogen) atoms. The molecule has 0 aliphatic carbocycles. The van der Waals surface area contributed by atoms with E-state index in [0.717, 1.165) is 42.8 Å². The van der Waals surface area contributed by atoms with Crippen molar-refractivity contribution in [2.45, 2.75) is 111 Å². The fraction of sp³-hybridized carbons (Fsp3) is 0.462. The number of aldehydes is 1. The first-order valence-corrected chi connectivity index (χ1v) is 21.6. The summed E-state index contributed by atoms with van der Waals surface area (Å²) in [5.41, 5.74) is 6.56. The number of halogens is 1. The Labute approximate surface area is 304 Å². The number of aromatic nitrogens is 1. The average molecular weight is 769 g/mol. The molecule has 0 atom stereocenters. The van der Waals surface area contributed by atoms with Crippen LogP contribution in [-0.4, -0.2) is 17.5 Å². The first-order valence-electron chi connectivity index (χ1n) is 17.6. The highest BCUT2D eigenvalue weighted by Gasteiger charge is 2.25. The lowest BCUT2D eigenvalue weighted by Gasteiger charge is -2.09. The summed E-state index contributed by atoms with van der Waals surface area (Å²) in [4.78, 5) is 15.3. The molecule has 1 aromatic carbocycles. The third-order valence-electron chi connectivity index (χ3n) is 9.04. The molecule has 5 heterocycles. The normalized spacial score (nSPS) is 11.9. The predicted molar refractivity (Wildman–Crippen MR) is 214 cm³/mol. The third-order valence-corrected chi connectivity index (χ3v) is 15.0. The van der Waals surface area contributed by atoms with Crippen molar-refractivity contribution >= 4 is 97.4 Å². The van der Waals surface area contributed by atoms with E-state index < -0.39 is 0 Å².